The number of fused-ring (bicyclic) bond motifs is 1. The van der Waals surface area contributed by atoms with E-state index in [1.165, 1.54) is 5.56 Å². The van der Waals surface area contributed by atoms with E-state index >= 15 is 0 Å². The number of anilines is 2. The molecule has 1 aromatic heterocycles. The van der Waals surface area contributed by atoms with Gasteiger partial charge in [0, 0.05) is 19.3 Å². The van der Waals surface area contributed by atoms with Gasteiger partial charge in [-0.3, -0.25) is 0 Å². The van der Waals surface area contributed by atoms with Crippen molar-refractivity contribution in [1.82, 2.24) is 4.98 Å². The largest absolute Gasteiger partial charge is 0.399 e. The highest BCUT2D eigenvalue weighted by Crippen LogP contribution is 2.29. The molecule has 3 nitrogen and oxygen atoms in total. The van der Waals surface area contributed by atoms with Crippen molar-refractivity contribution in [2.24, 2.45) is 0 Å². The first-order valence-corrected chi connectivity index (χ1v) is 7.95. The molecular weight excluding hydrogens is 278 g/mol. The molecule has 0 saturated heterocycles. The van der Waals surface area contributed by atoms with E-state index in [2.05, 4.69) is 47.3 Å². The molecule has 108 valence electrons. The van der Waals surface area contributed by atoms with Crippen molar-refractivity contribution in [1.29, 1.82) is 0 Å². The molecule has 4 heteroatoms. The fourth-order valence-corrected chi connectivity index (χ4v) is 3.35. The van der Waals surface area contributed by atoms with Gasteiger partial charge in [-0.15, -0.1) is 0 Å². The summed E-state index contributed by atoms with van der Waals surface area (Å²) in [7, 11) is 2.10. The van der Waals surface area contributed by atoms with Gasteiger partial charge < -0.3 is 10.6 Å². The van der Waals surface area contributed by atoms with Gasteiger partial charge in [0.05, 0.1) is 10.2 Å². The van der Waals surface area contributed by atoms with Crippen LogP contribution in [0.15, 0.2) is 48.5 Å². The van der Waals surface area contributed by atoms with Crippen molar-refractivity contribution in [3.05, 3.63) is 54.1 Å². The molecule has 0 spiro atoms. The lowest BCUT2D eigenvalue weighted by molar-refractivity contribution is 0.784. The maximum Gasteiger partial charge on any atom is 0.186 e. The minimum absolute atomic E-state index is 0.796. The molecule has 0 radical (unpaired) electrons. The first kappa shape index (κ1) is 13.9. The highest BCUT2D eigenvalue weighted by Gasteiger charge is 2.08. The highest BCUT2D eigenvalue weighted by molar-refractivity contribution is 7.22. The van der Waals surface area contributed by atoms with Crippen LogP contribution in [-0.2, 0) is 6.42 Å². The van der Waals surface area contributed by atoms with E-state index in [4.69, 9.17) is 5.73 Å². The van der Waals surface area contributed by atoms with E-state index in [-0.39, 0.29) is 0 Å². The van der Waals surface area contributed by atoms with Crippen molar-refractivity contribution in [3.63, 3.8) is 0 Å². The van der Waals surface area contributed by atoms with Crippen molar-refractivity contribution < 1.29 is 0 Å². The molecule has 0 fully saturated rings. The van der Waals surface area contributed by atoms with Gasteiger partial charge in [-0.25, -0.2) is 4.98 Å². The predicted molar refractivity (Wildman–Crippen MR) is 92.1 cm³/mol. The molecule has 0 aliphatic carbocycles. The standard InChI is InChI=1S/C17H19N3S/c1-20(11-5-8-13-6-3-2-4-7-13)17-19-15-10-9-14(18)12-16(15)21-17/h2-4,6-7,9-10,12H,5,8,11,18H2,1H3. The van der Waals surface area contributed by atoms with Crippen LogP contribution in [0.2, 0.25) is 0 Å². The molecule has 0 saturated carbocycles. The summed E-state index contributed by atoms with van der Waals surface area (Å²) in [6.07, 6.45) is 2.22. The Bertz CT molecular complexity index is 721. The average Bonchev–Trinajstić information content (AvgIpc) is 2.91. The third-order valence-corrected chi connectivity index (χ3v) is 4.66. The van der Waals surface area contributed by atoms with E-state index in [0.29, 0.717) is 0 Å². The second-order valence-corrected chi connectivity index (χ2v) is 6.24. The normalized spacial score (nSPS) is 10.9. The number of thiazole rings is 1. The second-order valence-electron chi connectivity index (χ2n) is 5.23. The van der Waals surface area contributed by atoms with Crippen LogP contribution in [0.5, 0.6) is 0 Å². The van der Waals surface area contributed by atoms with Gasteiger partial charge in [0.25, 0.3) is 0 Å². The molecule has 1 heterocycles. The molecule has 21 heavy (non-hydrogen) atoms. The van der Waals surface area contributed by atoms with Gasteiger partial charge in [0.2, 0.25) is 0 Å². The van der Waals surface area contributed by atoms with Gasteiger partial charge >= 0.3 is 0 Å². The molecule has 0 unspecified atom stereocenters. The van der Waals surface area contributed by atoms with E-state index in [9.17, 15) is 0 Å². The van der Waals surface area contributed by atoms with E-state index in [1.54, 1.807) is 11.3 Å². The number of benzene rings is 2. The highest BCUT2D eigenvalue weighted by atomic mass is 32.1. The fraction of sp³-hybridized carbons (Fsp3) is 0.235. The molecule has 0 aliphatic heterocycles. The topological polar surface area (TPSA) is 42.2 Å². The number of nitrogens with zero attached hydrogens (tertiary/aromatic N) is 2. The average molecular weight is 297 g/mol. The summed E-state index contributed by atoms with van der Waals surface area (Å²) in [6.45, 7) is 1.00. The molecule has 0 amide bonds. The minimum Gasteiger partial charge on any atom is -0.399 e. The zero-order valence-corrected chi connectivity index (χ0v) is 12.9. The summed E-state index contributed by atoms with van der Waals surface area (Å²) in [5.74, 6) is 0. The fourth-order valence-electron chi connectivity index (χ4n) is 2.35. The van der Waals surface area contributed by atoms with E-state index in [0.717, 1.165) is 40.4 Å². The van der Waals surface area contributed by atoms with Gasteiger partial charge in [0.1, 0.15) is 0 Å². The smallest absolute Gasteiger partial charge is 0.186 e. The Morgan fingerprint density at radius 2 is 1.95 bits per heavy atom. The van der Waals surface area contributed by atoms with Crippen LogP contribution < -0.4 is 10.6 Å². The molecule has 0 atom stereocenters. The molecule has 2 N–H and O–H groups in total. The van der Waals surface area contributed by atoms with Crippen molar-refractivity contribution in [2.45, 2.75) is 12.8 Å². The maximum atomic E-state index is 5.82. The van der Waals surface area contributed by atoms with E-state index < -0.39 is 0 Å². The van der Waals surface area contributed by atoms with Crippen LogP contribution in [0.3, 0.4) is 0 Å². The monoisotopic (exact) mass is 297 g/mol. The number of nitrogens with two attached hydrogens (primary N) is 1. The van der Waals surface area contributed by atoms with Crippen LogP contribution in [0.25, 0.3) is 10.2 Å². The summed E-state index contributed by atoms with van der Waals surface area (Å²) in [5, 5.41) is 1.06. The predicted octanol–water partition coefficient (Wildman–Crippen LogP) is 3.95. The van der Waals surface area contributed by atoms with E-state index in [1.807, 2.05) is 18.2 Å². The maximum absolute atomic E-state index is 5.82. The summed E-state index contributed by atoms with van der Waals surface area (Å²) in [5.41, 5.74) is 9.03. The van der Waals surface area contributed by atoms with Gasteiger partial charge in [-0.1, -0.05) is 41.7 Å². The van der Waals surface area contributed by atoms with Crippen LogP contribution in [0.4, 0.5) is 10.8 Å². The van der Waals surface area contributed by atoms with Gasteiger partial charge in [-0.05, 0) is 36.6 Å². The zero-order valence-electron chi connectivity index (χ0n) is 12.1. The van der Waals surface area contributed by atoms with Crippen molar-refractivity contribution >= 4 is 32.4 Å². The molecule has 3 rings (SSSR count). The number of hydrogen-bond acceptors (Lipinski definition) is 4. The lowest BCUT2D eigenvalue weighted by Crippen LogP contribution is -2.18. The first-order chi connectivity index (χ1) is 10.2. The molecule has 0 aliphatic rings. The van der Waals surface area contributed by atoms with Crippen LogP contribution >= 0.6 is 11.3 Å². The van der Waals surface area contributed by atoms with Crippen LogP contribution in [-0.4, -0.2) is 18.6 Å². The number of hydrogen-bond donors (Lipinski definition) is 1. The summed E-state index contributed by atoms with van der Waals surface area (Å²) in [6, 6.07) is 16.5. The van der Waals surface area contributed by atoms with Crippen LogP contribution in [0, 0.1) is 0 Å². The Morgan fingerprint density at radius 3 is 2.76 bits per heavy atom. The minimum atomic E-state index is 0.796. The van der Waals surface area contributed by atoms with Gasteiger partial charge in [0.15, 0.2) is 5.13 Å². The van der Waals surface area contributed by atoms with Crippen molar-refractivity contribution in [2.75, 3.05) is 24.2 Å². The second kappa shape index (κ2) is 6.14. The number of rotatable bonds is 5. The molecule has 2 aromatic carbocycles. The van der Waals surface area contributed by atoms with Crippen LogP contribution in [0.1, 0.15) is 12.0 Å². The number of nitrogen functional groups attached to an aromatic ring is 1. The Kier molecular flexibility index (Phi) is 4.06. The lowest BCUT2D eigenvalue weighted by atomic mass is 10.1. The molecular formula is C17H19N3S. The third kappa shape index (κ3) is 3.34. The third-order valence-electron chi connectivity index (χ3n) is 3.53. The SMILES string of the molecule is CN(CCCc1ccccc1)c1nc2ccc(N)cc2s1. The first-order valence-electron chi connectivity index (χ1n) is 7.13. The van der Waals surface area contributed by atoms with Gasteiger partial charge in [-0.2, -0.15) is 0 Å². The number of aromatic nitrogens is 1. The van der Waals surface area contributed by atoms with Crippen molar-refractivity contribution in [3.8, 4) is 0 Å². The number of aryl methyl sites for hydroxylation is 1. The Hall–Kier alpha value is -2.07. The Labute approximate surface area is 129 Å². The Morgan fingerprint density at radius 1 is 1.14 bits per heavy atom. The quantitative estimate of drug-likeness (QED) is 0.725. The summed E-state index contributed by atoms with van der Waals surface area (Å²) >= 11 is 1.70. The summed E-state index contributed by atoms with van der Waals surface area (Å²) in [4.78, 5) is 6.89. The Balaban J connectivity index is 1.62. The molecule has 0 bridgehead atoms. The zero-order chi connectivity index (χ0) is 14.7. The lowest BCUT2D eigenvalue weighted by Gasteiger charge is -2.15. The summed E-state index contributed by atoms with van der Waals surface area (Å²) < 4.78 is 1.15. The molecule has 3 aromatic rings.